The topological polar surface area (TPSA) is 48.5 Å². The van der Waals surface area contributed by atoms with Gasteiger partial charge in [0.05, 0.1) is 6.04 Å². The van der Waals surface area contributed by atoms with Crippen molar-refractivity contribution in [3.05, 3.63) is 112 Å². The number of carbonyl (C=O) groups excluding carboxylic acids is 1. The van der Waals surface area contributed by atoms with Gasteiger partial charge in [-0.3, -0.25) is 9.69 Å². The number of rotatable bonds is 7. The van der Waals surface area contributed by atoms with Gasteiger partial charge < -0.3 is 10.2 Å². The summed E-state index contributed by atoms with van der Waals surface area (Å²) in [5, 5.41) is 3.98. The van der Waals surface area contributed by atoms with E-state index < -0.39 is 0 Å². The zero-order valence-electron chi connectivity index (χ0n) is 20.2. The number of thiophene rings is 1. The molecule has 2 aromatic carbocycles. The molecule has 1 N–H and O–H groups in total. The number of nitrogens with one attached hydrogen (secondary N) is 1. The van der Waals surface area contributed by atoms with Gasteiger partial charge >= 0.3 is 0 Å². The van der Waals surface area contributed by atoms with Crippen LogP contribution in [0.1, 0.15) is 39.3 Å². The van der Waals surface area contributed by atoms with Crippen molar-refractivity contribution in [2.45, 2.75) is 19.4 Å². The first-order valence-electron chi connectivity index (χ1n) is 12.3. The van der Waals surface area contributed by atoms with Crippen molar-refractivity contribution < 1.29 is 9.18 Å². The second-order valence-corrected chi connectivity index (χ2v) is 9.98. The highest BCUT2D eigenvalue weighted by atomic mass is 32.1. The van der Waals surface area contributed by atoms with Crippen molar-refractivity contribution in [1.82, 2.24) is 9.88 Å². The second kappa shape index (κ2) is 11.0. The fourth-order valence-corrected chi connectivity index (χ4v) is 5.74. The molecule has 1 fully saturated rings. The van der Waals surface area contributed by atoms with Crippen molar-refractivity contribution in [2.75, 3.05) is 36.4 Å². The lowest BCUT2D eigenvalue weighted by atomic mass is 9.97. The highest BCUT2D eigenvalue weighted by molar-refractivity contribution is 7.16. The Kier molecular flexibility index (Phi) is 7.39. The molecule has 7 heteroatoms. The average Bonchev–Trinajstić information content (AvgIpc) is 3.32. The summed E-state index contributed by atoms with van der Waals surface area (Å²) in [6, 6.07) is 24.0. The van der Waals surface area contributed by atoms with Crippen LogP contribution in [0.5, 0.6) is 0 Å². The maximum atomic E-state index is 14.4. The lowest BCUT2D eigenvalue weighted by molar-refractivity contribution is 0.102. The number of piperazine rings is 1. The molecule has 1 aliphatic heterocycles. The Morgan fingerprint density at radius 2 is 1.78 bits per heavy atom. The van der Waals surface area contributed by atoms with Gasteiger partial charge in [0, 0.05) is 48.4 Å². The van der Waals surface area contributed by atoms with Crippen LogP contribution in [0.4, 0.5) is 15.2 Å². The molecule has 0 radical (unpaired) electrons. The summed E-state index contributed by atoms with van der Waals surface area (Å²) in [6.45, 7) is 5.34. The number of pyridine rings is 1. The monoisotopic (exact) mass is 500 g/mol. The van der Waals surface area contributed by atoms with Crippen molar-refractivity contribution in [3.8, 4) is 0 Å². The van der Waals surface area contributed by atoms with Crippen molar-refractivity contribution >= 4 is 28.1 Å². The van der Waals surface area contributed by atoms with Gasteiger partial charge in [-0.2, -0.15) is 0 Å². The molecule has 0 bridgehead atoms. The smallest absolute Gasteiger partial charge is 0.256 e. The Hall–Kier alpha value is -3.55. The molecule has 0 unspecified atom stereocenters. The van der Waals surface area contributed by atoms with E-state index in [2.05, 4.69) is 33.1 Å². The Morgan fingerprint density at radius 1 is 1.00 bits per heavy atom. The highest BCUT2D eigenvalue weighted by Crippen LogP contribution is 2.40. The first kappa shape index (κ1) is 24.2. The average molecular weight is 501 g/mol. The predicted molar refractivity (Wildman–Crippen MR) is 144 cm³/mol. The molecule has 4 aromatic rings. The molecule has 1 aliphatic rings. The minimum atomic E-state index is -0.259. The lowest BCUT2D eigenvalue weighted by Crippen LogP contribution is -2.48. The summed E-state index contributed by atoms with van der Waals surface area (Å²) in [7, 11) is 0. The Labute approximate surface area is 215 Å². The maximum Gasteiger partial charge on any atom is 0.256 e. The van der Waals surface area contributed by atoms with E-state index in [1.54, 1.807) is 23.5 Å². The van der Waals surface area contributed by atoms with E-state index >= 15 is 0 Å². The molecule has 3 heterocycles. The van der Waals surface area contributed by atoms with Crippen LogP contribution in [-0.4, -0.2) is 42.0 Å². The summed E-state index contributed by atoms with van der Waals surface area (Å²) in [5.41, 5.74) is 2.51. The lowest BCUT2D eigenvalue weighted by Gasteiger charge is -2.40. The van der Waals surface area contributed by atoms with Crippen LogP contribution in [-0.2, 0) is 6.42 Å². The molecule has 0 aliphatic carbocycles. The normalized spacial score (nSPS) is 15.0. The summed E-state index contributed by atoms with van der Waals surface area (Å²) in [6.07, 6.45) is 2.68. The van der Waals surface area contributed by atoms with Crippen LogP contribution in [0.15, 0.2) is 85.1 Å². The number of amides is 1. The third-order valence-electron chi connectivity index (χ3n) is 6.54. The van der Waals surface area contributed by atoms with Gasteiger partial charge in [0.25, 0.3) is 5.91 Å². The predicted octanol–water partition coefficient (Wildman–Crippen LogP) is 6.01. The summed E-state index contributed by atoms with van der Waals surface area (Å²) < 4.78 is 14.4. The molecule has 184 valence electrons. The molecule has 0 saturated carbocycles. The van der Waals surface area contributed by atoms with Gasteiger partial charge in [-0.05, 0) is 54.4 Å². The molecule has 1 amide bonds. The maximum absolute atomic E-state index is 14.4. The van der Waals surface area contributed by atoms with E-state index in [-0.39, 0.29) is 17.8 Å². The number of carbonyl (C=O) groups is 1. The van der Waals surface area contributed by atoms with Crippen LogP contribution in [0.2, 0.25) is 0 Å². The Balaban J connectivity index is 1.47. The van der Waals surface area contributed by atoms with Crippen molar-refractivity contribution in [3.63, 3.8) is 0 Å². The third-order valence-corrected chi connectivity index (χ3v) is 7.75. The standard InChI is InChI=1S/C29H29FN4OS/c1-2-24-20-25(29(36-24)32-28(35)21-9-4-3-5-10-21)27(22-11-8-12-23(30)19-22)34-17-15-33(16-18-34)26-13-6-7-14-31-26/h3-14,19-20,27H,2,15-18H2,1H3,(H,32,35)/t27-/m0/s1. The summed E-state index contributed by atoms with van der Waals surface area (Å²) >= 11 is 1.60. The zero-order valence-corrected chi connectivity index (χ0v) is 21.0. The largest absolute Gasteiger partial charge is 0.354 e. The van der Waals surface area contributed by atoms with E-state index in [9.17, 15) is 9.18 Å². The van der Waals surface area contributed by atoms with E-state index in [0.717, 1.165) is 54.5 Å². The molecule has 5 nitrogen and oxygen atoms in total. The number of benzene rings is 2. The SMILES string of the molecule is CCc1cc([C@H](c2cccc(F)c2)N2CCN(c3ccccn3)CC2)c(NC(=O)c2ccccc2)s1. The van der Waals surface area contributed by atoms with Crippen LogP contribution in [0, 0.1) is 5.82 Å². The molecule has 0 spiro atoms. The molecule has 1 atom stereocenters. The molecule has 2 aromatic heterocycles. The second-order valence-electron chi connectivity index (χ2n) is 8.84. The van der Waals surface area contributed by atoms with Gasteiger partial charge in [-0.15, -0.1) is 11.3 Å². The Morgan fingerprint density at radius 3 is 2.47 bits per heavy atom. The molecule has 5 rings (SSSR count). The summed E-state index contributed by atoms with van der Waals surface area (Å²) in [5.74, 6) is 0.573. The van der Waals surface area contributed by atoms with Gasteiger partial charge in [-0.25, -0.2) is 9.37 Å². The minimum absolute atomic E-state index is 0.140. The van der Waals surface area contributed by atoms with Crippen LogP contribution in [0.25, 0.3) is 0 Å². The van der Waals surface area contributed by atoms with Gasteiger partial charge in [0.1, 0.15) is 16.6 Å². The molecule has 1 saturated heterocycles. The number of anilines is 2. The number of hydrogen-bond donors (Lipinski definition) is 1. The number of halogens is 1. The molecule has 36 heavy (non-hydrogen) atoms. The number of hydrogen-bond acceptors (Lipinski definition) is 5. The van der Waals surface area contributed by atoms with Crippen molar-refractivity contribution in [2.24, 2.45) is 0 Å². The number of nitrogens with zero attached hydrogens (tertiary/aromatic N) is 3. The molecular formula is C29H29FN4OS. The van der Waals surface area contributed by atoms with Gasteiger partial charge in [-0.1, -0.05) is 43.3 Å². The van der Waals surface area contributed by atoms with Crippen LogP contribution >= 0.6 is 11.3 Å². The highest BCUT2D eigenvalue weighted by Gasteiger charge is 2.30. The number of aryl methyl sites for hydroxylation is 1. The van der Waals surface area contributed by atoms with E-state index in [1.807, 2.05) is 60.8 Å². The zero-order chi connectivity index (χ0) is 24.9. The fraction of sp³-hybridized carbons (Fsp3) is 0.241. The first-order chi connectivity index (χ1) is 17.6. The summed E-state index contributed by atoms with van der Waals surface area (Å²) in [4.78, 5) is 23.4. The quantitative estimate of drug-likeness (QED) is 0.338. The Bertz CT molecular complexity index is 1300. The van der Waals surface area contributed by atoms with Crippen LogP contribution in [0.3, 0.4) is 0 Å². The van der Waals surface area contributed by atoms with Gasteiger partial charge in [0.2, 0.25) is 0 Å². The number of aromatic nitrogens is 1. The van der Waals surface area contributed by atoms with E-state index in [4.69, 9.17) is 0 Å². The third kappa shape index (κ3) is 5.32. The van der Waals surface area contributed by atoms with E-state index in [0.29, 0.717) is 5.56 Å². The van der Waals surface area contributed by atoms with Gasteiger partial charge in [0.15, 0.2) is 0 Å². The molecular weight excluding hydrogens is 471 g/mol. The van der Waals surface area contributed by atoms with Crippen LogP contribution < -0.4 is 10.2 Å². The minimum Gasteiger partial charge on any atom is -0.354 e. The van der Waals surface area contributed by atoms with Crippen molar-refractivity contribution in [1.29, 1.82) is 0 Å². The first-order valence-corrected chi connectivity index (χ1v) is 13.1. The van der Waals surface area contributed by atoms with E-state index in [1.165, 1.54) is 10.9 Å². The fourth-order valence-electron chi connectivity index (χ4n) is 4.71.